The molecule has 0 aliphatic rings. The third-order valence-electron chi connectivity index (χ3n) is 5.12. The third kappa shape index (κ3) is 5.58. The molecule has 1 amide bonds. The number of carbonyl (C=O) groups excluding carboxylic acids is 1. The number of nitrogens with zero attached hydrogens (tertiary/aromatic N) is 2. The van der Waals surface area contributed by atoms with E-state index < -0.39 is 0 Å². The van der Waals surface area contributed by atoms with E-state index in [1.54, 1.807) is 31.3 Å². The summed E-state index contributed by atoms with van der Waals surface area (Å²) in [5.74, 6) is 1.81. The second-order valence-corrected chi connectivity index (χ2v) is 7.10. The molecule has 0 bridgehead atoms. The summed E-state index contributed by atoms with van der Waals surface area (Å²) >= 11 is 0. The van der Waals surface area contributed by atoms with E-state index in [9.17, 15) is 4.79 Å². The number of benzene rings is 3. The Bertz CT molecular complexity index is 1090. The summed E-state index contributed by atoms with van der Waals surface area (Å²) in [6, 6.07) is 22.7. The van der Waals surface area contributed by atoms with Gasteiger partial charge < -0.3 is 19.1 Å². The molecule has 0 saturated heterocycles. The number of hydrogen-bond acceptors (Lipinski definition) is 5. The van der Waals surface area contributed by atoms with Gasteiger partial charge in [0.05, 0.1) is 25.9 Å². The monoisotopic (exact) mass is 430 g/mol. The minimum absolute atomic E-state index is 0.0443. The third-order valence-corrected chi connectivity index (χ3v) is 5.12. The second-order valence-electron chi connectivity index (χ2n) is 7.10. The Morgan fingerprint density at radius 1 is 0.906 bits per heavy atom. The number of methoxy groups -OCH3 is 2. The van der Waals surface area contributed by atoms with Crippen LogP contribution in [0.5, 0.6) is 17.2 Å². The molecule has 32 heavy (non-hydrogen) atoms. The highest BCUT2D eigenvalue weighted by atomic mass is 16.5. The van der Waals surface area contributed by atoms with Crippen molar-refractivity contribution in [2.75, 3.05) is 27.4 Å². The highest BCUT2D eigenvalue weighted by Gasteiger charge is 2.14. The second kappa shape index (κ2) is 10.9. The molecule has 6 heteroatoms. The molecule has 0 spiro atoms. The fourth-order valence-electron chi connectivity index (χ4n) is 3.29. The number of likely N-dealkylation sites (N-methyl/N-ethyl adjacent to an activating group) is 1. The highest BCUT2D eigenvalue weighted by Crippen LogP contribution is 2.28. The topological polar surface area (TPSA) is 71.8 Å². The summed E-state index contributed by atoms with van der Waals surface area (Å²) in [5.41, 5.74) is 3.60. The van der Waals surface area contributed by atoms with Crippen molar-refractivity contribution >= 4 is 5.91 Å². The molecule has 0 aromatic heterocycles. The Balaban J connectivity index is 1.59. The molecule has 0 N–H and O–H groups in total. The SMILES string of the molecule is CCN(Cc1ccc(OC)c(OC)c1)C(=O)COc1ccc(-c2ccc(C#N)cc2)cc1. The molecule has 0 radical (unpaired) electrons. The van der Waals surface area contributed by atoms with Crippen molar-refractivity contribution in [3.05, 3.63) is 77.9 Å². The molecule has 3 aromatic rings. The molecule has 0 saturated carbocycles. The lowest BCUT2D eigenvalue weighted by Crippen LogP contribution is -2.34. The maximum absolute atomic E-state index is 12.7. The average molecular weight is 431 g/mol. The van der Waals surface area contributed by atoms with Gasteiger partial charge in [-0.2, -0.15) is 5.26 Å². The van der Waals surface area contributed by atoms with Gasteiger partial charge in [-0.05, 0) is 60.0 Å². The first kappa shape index (κ1) is 22.7. The Morgan fingerprint density at radius 3 is 2.09 bits per heavy atom. The minimum Gasteiger partial charge on any atom is -0.493 e. The Kier molecular flexibility index (Phi) is 7.71. The van der Waals surface area contributed by atoms with E-state index in [1.165, 1.54) is 0 Å². The lowest BCUT2D eigenvalue weighted by molar-refractivity contribution is -0.133. The lowest BCUT2D eigenvalue weighted by atomic mass is 10.0. The average Bonchev–Trinajstić information content (AvgIpc) is 2.86. The molecule has 6 nitrogen and oxygen atoms in total. The fraction of sp³-hybridized carbons (Fsp3) is 0.231. The van der Waals surface area contributed by atoms with E-state index in [0.29, 0.717) is 35.9 Å². The van der Waals surface area contributed by atoms with Crippen LogP contribution in [0.15, 0.2) is 66.7 Å². The van der Waals surface area contributed by atoms with Crippen molar-refractivity contribution in [1.82, 2.24) is 4.90 Å². The first-order chi connectivity index (χ1) is 15.6. The zero-order valence-electron chi connectivity index (χ0n) is 18.5. The Hall–Kier alpha value is -3.98. The van der Waals surface area contributed by atoms with Gasteiger partial charge in [0.2, 0.25) is 0 Å². The van der Waals surface area contributed by atoms with Crippen LogP contribution >= 0.6 is 0 Å². The van der Waals surface area contributed by atoms with Crippen molar-refractivity contribution in [1.29, 1.82) is 5.26 Å². The van der Waals surface area contributed by atoms with E-state index in [-0.39, 0.29) is 12.5 Å². The van der Waals surface area contributed by atoms with Gasteiger partial charge in [0.15, 0.2) is 18.1 Å². The Morgan fingerprint density at radius 2 is 1.53 bits per heavy atom. The highest BCUT2D eigenvalue weighted by molar-refractivity contribution is 5.77. The molecular weight excluding hydrogens is 404 g/mol. The molecule has 0 heterocycles. The summed E-state index contributed by atoms with van der Waals surface area (Å²) in [6.45, 7) is 2.91. The van der Waals surface area contributed by atoms with Crippen molar-refractivity contribution < 1.29 is 19.0 Å². The van der Waals surface area contributed by atoms with Crippen LogP contribution in [0.25, 0.3) is 11.1 Å². The van der Waals surface area contributed by atoms with E-state index in [0.717, 1.165) is 16.7 Å². The van der Waals surface area contributed by atoms with Crippen LogP contribution in [-0.4, -0.2) is 38.2 Å². The van der Waals surface area contributed by atoms with Gasteiger partial charge >= 0.3 is 0 Å². The summed E-state index contributed by atoms with van der Waals surface area (Å²) in [4.78, 5) is 14.4. The standard InChI is InChI=1S/C26H26N2O4/c1-4-28(17-20-7-14-24(30-2)25(15-20)31-3)26(29)18-32-23-12-10-22(11-13-23)21-8-5-19(16-27)6-9-21/h5-15H,4,17-18H2,1-3H3. The van der Waals surface area contributed by atoms with Gasteiger partial charge in [-0.25, -0.2) is 0 Å². The normalized spacial score (nSPS) is 10.2. The van der Waals surface area contributed by atoms with Gasteiger partial charge in [-0.15, -0.1) is 0 Å². The molecule has 0 aliphatic carbocycles. The summed E-state index contributed by atoms with van der Waals surface area (Å²) in [7, 11) is 3.18. The smallest absolute Gasteiger partial charge is 0.260 e. The van der Waals surface area contributed by atoms with Crippen LogP contribution in [0.3, 0.4) is 0 Å². The summed E-state index contributed by atoms with van der Waals surface area (Å²) in [6.07, 6.45) is 0. The van der Waals surface area contributed by atoms with Gasteiger partial charge in [-0.1, -0.05) is 30.3 Å². The molecule has 3 rings (SSSR count). The fourth-order valence-corrected chi connectivity index (χ4v) is 3.29. The molecule has 3 aromatic carbocycles. The number of nitriles is 1. The van der Waals surface area contributed by atoms with E-state index in [4.69, 9.17) is 19.5 Å². The largest absolute Gasteiger partial charge is 0.493 e. The van der Waals surface area contributed by atoms with E-state index in [2.05, 4.69) is 6.07 Å². The minimum atomic E-state index is -0.0987. The summed E-state index contributed by atoms with van der Waals surface area (Å²) in [5, 5.41) is 8.92. The van der Waals surface area contributed by atoms with Crippen LogP contribution in [0.2, 0.25) is 0 Å². The van der Waals surface area contributed by atoms with Crippen LogP contribution in [0, 0.1) is 11.3 Å². The first-order valence-electron chi connectivity index (χ1n) is 10.3. The van der Waals surface area contributed by atoms with Gasteiger partial charge in [-0.3, -0.25) is 4.79 Å². The first-order valence-corrected chi connectivity index (χ1v) is 10.3. The number of hydrogen-bond donors (Lipinski definition) is 0. The van der Waals surface area contributed by atoms with Gasteiger partial charge in [0, 0.05) is 13.1 Å². The number of ether oxygens (including phenoxy) is 3. The van der Waals surface area contributed by atoms with Crippen molar-refractivity contribution in [2.45, 2.75) is 13.5 Å². The molecule has 0 unspecified atom stereocenters. The quantitative estimate of drug-likeness (QED) is 0.493. The lowest BCUT2D eigenvalue weighted by Gasteiger charge is -2.22. The predicted octanol–water partition coefficient (Wildman–Crippen LogP) is 4.67. The van der Waals surface area contributed by atoms with Crippen molar-refractivity contribution in [3.63, 3.8) is 0 Å². The van der Waals surface area contributed by atoms with Gasteiger partial charge in [0.1, 0.15) is 5.75 Å². The van der Waals surface area contributed by atoms with Crippen LogP contribution < -0.4 is 14.2 Å². The molecular formula is C26H26N2O4. The van der Waals surface area contributed by atoms with Crippen LogP contribution in [0.1, 0.15) is 18.1 Å². The summed E-state index contributed by atoms with van der Waals surface area (Å²) < 4.78 is 16.3. The van der Waals surface area contributed by atoms with Gasteiger partial charge in [0.25, 0.3) is 5.91 Å². The maximum atomic E-state index is 12.7. The number of rotatable bonds is 9. The van der Waals surface area contributed by atoms with Crippen LogP contribution in [-0.2, 0) is 11.3 Å². The number of amides is 1. The maximum Gasteiger partial charge on any atom is 0.260 e. The predicted molar refractivity (Wildman–Crippen MR) is 123 cm³/mol. The van der Waals surface area contributed by atoms with Crippen LogP contribution in [0.4, 0.5) is 0 Å². The Labute approximate surface area is 188 Å². The van der Waals surface area contributed by atoms with Crippen molar-refractivity contribution in [2.24, 2.45) is 0 Å². The zero-order chi connectivity index (χ0) is 22.9. The molecule has 164 valence electrons. The van der Waals surface area contributed by atoms with E-state index >= 15 is 0 Å². The van der Waals surface area contributed by atoms with Crippen molar-refractivity contribution in [3.8, 4) is 34.4 Å². The molecule has 0 atom stereocenters. The zero-order valence-corrected chi connectivity index (χ0v) is 18.5. The molecule has 0 aliphatic heterocycles. The molecule has 0 fully saturated rings. The number of carbonyl (C=O) groups is 1. The van der Waals surface area contributed by atoms with E-state index in [1.807, 2.05) is 61.5 Å².